The summed E-state index contributed by atoms with van der Waals surface area (Å²) in [6.45, 7) is 0. The Labute approximate surface area is 110 Å². The van der Waals surface area contributed by atoms with Gasteiger partial charge in [-0.25, -0.2) is 0 Å². The Hall–Kier alpha value is -0.210. The molecule has 4 nitrogen and oxygen atoms in total. The van der Waals surface area contributed by atoms with E-state index in [1.54, 1.807) is 14.2 Å². The molecule has 1 aromatic carbocycles. The fourth-order valence-electron chi connectivity index (χ4n) is 1.53. The van der Waals surface area contributed by atoms with Crippen LogP contribution in [0, 0.1) is 3.57 Å². The van der Waals surface area contributed by atoms with Crippen molar-refractivity contribution in [3.8, 4) is 0 Å². The third-order valence-electron chi connectivity index (χ3n) is 2.38. The molecule has 0 aliphatic carbocycles. The highest BCUT2D eigenvalue weighted by atomic mass is 127. The van der Waals surface area contributed by atoms with Gasteiger partial charge in [0.15, 0.2) is 6.29 Å². The Balaban J connectivity index is 2.65. The van der Waals surface area contributed by atoms with Crippen LogP contribution in [0.25, 0.3) is 0 Å². The van der Waals surface area contributed by atoms with Gasteiger partial charge in [0, 0.05) is 17.8 Å². The van der Waals surface area contributed by atoms with Gasteiger partial charge in [0.1, 0.15) is 0 Å². The second kappa shape index (κ2) is 7.18. The van der Waals surface area contributed by atoms with E-state index < -0.39 is 0 Å². The summed E-state index contributed by atoms with van der Waals surface area (Å²) in [5, 5.41) is 0. The Bertz CT molecular complexity index is 301. The number of hydrogen-bond donors (Lipinski definition) is 2. The van der Waals surface area contributed by atoms with Gasteiger partial charge in [-0.2, -0.15) is 0 Å². The fraction of sp³-hybridized carbons (Fsp3) is 0.455. The van der Waals surface area contributed by atoms with E-state index in [2.05, 4.69) is 52.3 Å². The largest absolute Gasteiger partial charge is 0.354 e. The number of ether oxygens (including phenoxy) is 2. The number of methoxy groups -OCH3 is 2. The first-order valence-corrected chi connectivity index (χ1v) is 6.05. The smallest absolute Gasteiger partial charge is 0.173 e. The molecule has 0 aromatic heterocycles. The molecule has 0 aliphatic rings. The molecule has 5 heteroatoms. The molecular formula is C11H17IN2O2. The first kappa shape index (κ1) is 13.9. The molecule has 1 atom stereocenters. The molecule has 0 heterocycles. The lowest BCUT2D eigenvalue weighted by atomic mass is 10.1. The molecule has 0 amide bonds. The molecule has 3 N–H and O–H groups in total. The molecule has 0 fully saturated rings. The molecule has 1 aromatic rings. The van der Waals surface area contributed by atoms with Crippen molar-refractivity contribution in [2.45, 2.75) is 18.8 Å². The maximum Gasteiger partial charge on any atom is 0.173 e. The first-order valence-electron chi connectivity index (χ1n) is 4.97. The third-order valence-corrected chi connectivity index (χ3v) is 3.10. The average Bonchev–Trinajstić information content (AvgIpc) is 2.32. The van der Waals surface area contributed by atoms with Gasteiger partial charge in [0.2, 0.25) is 0 Å². The summed E-state index contributed by atoms with van der Waals surface area (Å²) >= 11 is 2.28. The Morgan fingerprint density at radius 3 is 2.25 bits per heavy atom. The molecule has 90 valence electrons. The lowest BCUT2D eigenvalue weighted by Crippen LogP contribution is -2.47. The van der Waals surface area contributed by atoms with Crippen LogP contribution in [-0.2, 0) is 15.9 Å². The summed E-state index contributed by atoms with van der Waals surface area (Å²) in [7, 11) is 3.21. The minimum absolute atomic E-state index is 0.0601. The van der Waals surface area contributed by atoms with Crippen molar-refractivity contribution >= 4 is 22.6 Å². The van der Waals surface area contributed by atoms with Crippen LogP contribution in [0.4, 0.5) is 0 Å². The molecular weight excluding hydrogens is 319 g/mol. The van der Waals surface area contributed by atoms with Crippen LogP contribution in [0.5, 0.6) is 0 Å². The minimum atomic E-state index is -0.343. The Morgan fingerprint density at radius 1 is 1.25 bits per heavy atom. The van der Waals surface area contributed by atoms with Crippen molar-refractivity contribution in [1.82, 2.24) is 5.43 Å². The molecule has 0 aliphatic heterocycles. The van der Waals surface area contributed by atoms with Gasteiger partial charge in [-0.05, 0) is 46.7 Å². The van der Waals surface area contributed by atoms with E-state index in [4.69, 9.17) is 15.3 Å². The van der Waals surface area contributed by atoms with E-state index in [-0.39, 0.29) is 12.3 Å². The summed E-state index contributed by atoms with van der Waals surface area (Å²) in [5.41, 5.74) is 3.91. The van der Waals surface area contributed by atoms with E-state index in [0.717, 1.165) is 6.42 Å². The SMILES string of the molecule is COC(OC)C(Cc1ccc(I)cc1)NN. The molecule has 0 radical (unpaired) electrons. The standard InChI is InChI=1S/C11H17IN2O2/c1-15-11(16-2)10(14-13)7-8-3-5-9(12)6-4-8/h3-6,10-11,14H,7,13H2,1-2H3. The molecule has 0 saturated heterocycles. The molecule has 16 heavy (non-hydrogen) atoms. The van der Waals surface area contributed by atoms with E-state index in [1.165, 1.54) is 9.13 Å². The highest BCUT2D eigenvalue weighted by Crippen LogP contribution is 2.11. The monoisotopic (exact) mass is 336 g/mol. The van der Waals surface area contributed by atoms with Gasteiger partial charge in [0.25, 0.3) is 0 Å². The minimum Gasteiger partial charge on any atom is -0.354 e. The van der Waals surface area contributed by atoms with E-state index in [0.29, 0.717) is 0 Å². The van der Waals surface area contributed by atoms with Gasteiger partial charge in [-0.3, -0.25) is 11.3 Å². The highest BCUT2D eigenvalue weighted by molar-refractivity contribution is 14.1. The molecule has 1 unspecified atom stereocenters. The van der Waals surface area contributed by atoms with Crippen LogP contribution < -0.4 is 11.3 Å². The zero-order valence-corrected chi connectivity index (χ0v) is 11.6. The molecule has 0 saturated carbocycles. The Kier molecular flexibility index (Phi) is 6.22. The van der Waals surface area contributed by atoms with Crippen molar-refractivity contribution < 1.29 is 9.47 Å². The average molecular weight is 336 g/mol. The van der Waals surface area contributed by atoms with Gasteiger partial charge >= 0.3 is 0 Å². The summed E-state index contributed by atoms with van der Waals surface area (Å²) in [5.74, 6) is 5.49. The summed E-state index contributed by atoms with van der Waals surface area (Å²) in [6, 6.07) is 8.23. The van der Waals surface area contributed by atoms with Crippen LogP contribution in [0.3, 0.4) is 0 Å². The van der Waals surface area contributed by atoms with Gasteiger partial charge in [-0.15, -0.1) is 0 Å². The quantitative estimate of drug-likeness (QED) is 0.356. The number of nitrogens with two attached hydrogens (primary N) is 1. The van der Waals surface area contributed by atoms with Crippen molar-refractivity contribution in [3.63, 3.8) is 0 Å². The summed E-state index contributed by atoms with van der Waals surface area (Å²) < 4.78 is 11.6. The summed E-state index contributed by atoms with van der Waals surface area (Å²) in [6.07, 6.45) is 0.420. The fourth-order valence-corrected chi connectivity index (χ4v) is 1.89. The topological polar surface area (TPSA) is 56.5 Å². The zero-order chi connectivity index (χ0) is 12.0. The number of benzene rings is 1. The molecule has 1 rings (SSSR count). The lowest BCUT2D eigenvalue weighted by Gasteiger charge is -2.24. The second-order valence-corrected chi connectivity index (χ2v) is 4.69. The van der Waals surface area contributed by atoms with Crippen molar-refractivity contribution in [1.29, 1.82) is 0 Å². The van der Waals surface area contributed by atoms with Gasteiger partial charge < -0.3 is 9.47 Å². The van der Waals surface area contributed by atoms with Crippen molar-refractivity contribution in [2.24, 2.45) is 5.84 Å². The number of rotatable bonds is 6. The van der Waals surface area contributed by atoms with E-state index >= 15 is 0 Å². The van der Waals surface area contributed by atoms with Crippen molar-refractivity contribution in [2.75, 3.05) is 14.2 Å². The number of hydrazine groups is 1. The van der Waals surface area contributed by atoms with E-state index in [9.17, 15) is 0 Å². The highest BCUT2D eigenvalue weighted by Gasteiger charge is 2.19. The van der Waals surface area contributed by atoms with Crippen LogP contribution in [0.2, 0.25) is 0 Å². The predicted molar refractivity (Wildman–Crippen MR) is 71.8 cm³/mol. The zero-order valence-electron chi connectivity index (χ0n) is 9.44. The molecule has 0 bridgehead atoms. The third kappa shape index (κ3) is 3.99. The van der Waals surface area contributed by atoms with Gasteiger partial charge in [0.05, 0.1) is 6.04 Å². The normalized spacial score (nSPS) is 13.1. The van der Waals surface area contributed by atoms with E-state index in [1.807, 2.05) is 0 Å². The molecule has 0 spiro atoms. The van der Waals surface area contributed by atoms with Crippen LogP contribution in [0.1, 0.15) is 5.56 Å². The maximum atomic E-state index is 5.49. The first-order chi connectivity index (χ1) is 7.71. The van der Waals surface area contributed by atoms with Gasteiger partial charge in [-0.1, -0.05) is 12.1 Å². The van der Waals surface area contributed by atoms with Crippen LogP contribution in [-0.4, -0.2) is 26.6 Å². The van der Waals surface area contributed by atoms with Crippen LogP contribution in [0.15, 0.2) is 24.3 Å². The predicted octanol–water partition coefficient (Wildman–Crippen LogP) is 1.28. The lowest BCUT2D eigenvalue weighted by molar-refractivity contribution is -0.122. The maximum absolute atomic E-state index is 5.49. The second-order valence-electron chi connectivity index (χ2n) is 3.44. The summed E-state index contributed by atoms with van der Waals surface area (Å²) in [4.78, 5) is 0. The Morgan fingerprint density at radius 2 is 1.81 bits per heavy atom. The van der Waals surface area contributed by atoms with Crippen molar-refractivity contribution in [3.05, 3.63) is 33.4 Å². The number of halogens is 1. The van der Waals surface area contributed by atoms with Crippen LogP contribution >= 0.6 is 22.6 Å². The number of nitrogens with one attached hydrogen (secondary N) is 1. The number of hydrogen-bond acceptors (Lipinski definition) is 4.